The maximum Gasteiger partial charge on any atom is 0.251 e. The summed E-state index contributed by atoms with van der Waals surface area (Å²) < 4.78 is 12.4. The lowest BCUT2D eigenvalue weighted by Gasteiger charge is -2.27. The van der Waals surface area contributed by atoms with Crippen molar-refractivity contribution < 1.29 is 19.1 Å². The molecule has 0 spiro atoms. The van der Waals surface area contributed by atoms with E-state index in [2.05, 4.69) is 10.4 Å². The number of carbonyl (C=O) groups is 2. The van der Waals surface area contributed by atoms with Crippen LogP contribution in [0, 0.1) is 0 Å². The number of carbonyl (C=O) groups excluding carboxylic acids is 2. The van der Waals surface area contributed by atoms with Crippen LogP contribution in [-0.2, 0) is 24.4 Å². The molecular weight excluding hydrogens is 396 g/mol. The SMILES string of the molecule is COc1ccc(CNC(=O)c2ccc(CN3C(=O)CCn4nccc43)cc2)c(OC)c1. The molecule has 0 radical (unpaired) electrons. The van der Waals surface area contributed by atoms with Crippen molar-refractivity contribution in [3.8, 4) is 11.5 Å². The van der Waals surface area contributed by atoms with E-state index in [0.29, 0.717) is 43.1 Å². The third kappa shape index (κ3) is 4.37. The summed E-state index contributed by atoms with van der Waals surface area (Å²) in [6.07, 6.45) is 2.14. The molecule has 0 saturated carbocycles. The van der Waals surface area contributed by atoms with E-state index in [1.54, 1.807) is 43.5 Å². The molecule has 0 atom stereocenters. The second-order valence-corrected chi connectivity index (χ2v) is 7.20. The summed E-state index contributed by atoms with van der Waals surface area (Å²) in [5.41, 5.74) is 2.34. The average Bonchev–Trinajstić information content (AvgIpc) is 3.29. The molecule has 0 fully saturated rings. The van der Waals surface area contributed by atoms with E-state index in [9.17, 15) is 9.59 Å². The lowest BCUT2D eigenvalue weighted by atomic mass is 10.1. The first kappa shape index (κ1) is 20.5. The number of rotatable bonds is 7. The Labute approximate surface area is 180 Å². The molecule has 160 valence electrons. The van der Waals surface area contributed by atoms with Crippen LogP contribution in [0.25, 0.3) is 0 Å². The molecule has 8 nitrogen and oxygen atoms in total. The molecule has 0 aliphatic carbocycles. The van der Waals surface area contributed by atoms with Gasteiger partial charge in [0, 0.05) is 36.2 Å². The van der Waals surface area contributed by atoms with Gasteiger partial charge in [-0.2, -0.15) is 5.10 Å². The van der Waals surface area contributed by atoms with Crippen LogP contribution in [0.2, 0.25) is 0 Å². The molecule has 1 aliphatic heterocycles. The van der Waals surface area contributed by atoms with Crippen LogP contribution < -0.4 is 19.7 Å². The zero-order chi connectivity index (χ0) is 21.8. The number of methoxy groups -OCH3 is 2. The Morgan fingerprint density at radius 3 is 2.65 bits per heavy atom. The molecule has 4 rings (SSSR count). The standard InChI is InChI=1S/C23H24N4O4/c1-30-19-8-7-18(20(13-19)31-2)14-24-23(29)17-5-3-16(4-6-17)15-26-21-9-11-25-27(21)12-10-22(26)28/h3-9,11,13H,10,12,14-15H2,1-2H3,(H,24,29). The van der Waals surface area contributed by atoms with Gasteiger partial charge in [0.1, 0.15) is 17.3 Å². The molecular formula is C23H24N4O4. The summed E-state index contributed by atoms with van der Waals surface area (Å²) in [7, 11) is 3.18. The maximum atomic E-state index is 12.6. The number of aryl methyl sites for hydroxylation is 1. The minimum atomic E-state index is -0.184. The molecule has 1 aromatic heterocycles. The molecule has 0 saturated heterocycles. The fraction of sp³-hybridized carbons (Fsp3) is 0.261. The maximum absolute atomic E-state index is 12.6. The number of ether oxygens (including phenoxy) is 2. The van der Waals surface area contributed by atoms with Crippen LogP contribution in [-0.4, -0.2) is 35.8 Å². The van der Waals surface area contributed by atoms with Crippen molar-refractivity contribution in [1.82, 2.24) is 15.1 Å². The van der Waals surface area contributed by atoms with Gasteiger partial charge in [0.15, 0.2) is 0 Å². The predicted molar refractivity (Wildman–Crippen MR) is 115 cm³/mol. The van der Waals surface area contributed by atoms with Crippen molar-refractivity contribution in [2.75, 3.05) is 19.1 Å². The minimum absolute atomic E-state index is 0.0725. The second kappa shape index (κ2) is 8.91. The molecule has 2 amide bonds. The lowest BCUT2D eigenvalue weighted by Crippen LogP contribution is -2.36. The quantitative estimate of drug-likeness (QED) is 0.635. The summed E-state index contributed by atoms with van der Waals surface area (Å²) in [5.74, 6) is 2.03. The van der Waals surface area contributed by atoms with Gasteiger partial charge in [-0.05, 0) is 29.8 Å². The van der Waals surface area contributed by atoms with Gasteiger partial charge in [-0.15, -0.1) is 0 Å². The Bertz CT molecular complexity index is 1090. The van der Waals surface area contributed by atoms with Gasteiger partial charge in [-0.25, -0.2) is 4.68 Å². The first-order valence-corrected chi connectivity index (χ1v) is 9.99. The van der Waals surface area contributed by atoms with E-state index in [1.807, 2.05) is 35.0 Å². The zero-order valence-electron chi connectivity index (χ0n) is 17.5. The highest BCUT2D eigenvalue weighted by molar-refractivity contribution is 5.95. The third-order valence-electron chi connectivity index (χ3n) is 5.30. The number of amides is 2. The van der Waals surface area contributed by atoms with E-state index >= 15 is 0 Å². The molecule has 1 aliphatic rings. The van der Waals surface area contributed by atoms with Gasteiger partial charge in [-0.3, -0.25) is 14.5 Å². The van der Waals surface area contributed by atoms with E-state index in [1.165, 1.54) is 0 Å². The van der Waals surface area contributed by atoms with Gasteiger partial charge >= 0.3 is 0 Å². The van der Waals surface area contributed by atoms with E-state index in [-0.39, 0.29) is 11.8 Å². The van der Waals surface area contributed by atoms with E-state index in [4.69, 9.17) is 9.47 Å². The summed E-state index contributed by atoms with van der Waals surface area (Å²) in [6, 6.07) is 14.6. The Morgan fingerprint density at radius 1 is 1.10 bits per heavy atom. The largest absolute Gasteiger partial charge is 0.497 e. The van der Waals surface area contributed by atoms with Crippen molar-refractivity contribution in [1.29, 1.82) is 0 Å². The van der Waals surface area contributed by atoms with Crippen LogP contribution in [0.4, 0.5) is 5.82 Å². The summed E-state index contributed by atoms with van der Waals surface area (Å²) in [6.45, 7) is 1.38. The van der Waals surface area contributed by atoms with Crippen LogP contribution in [0.15, 0.2) is 54.7 Å². The zero-order valence-corrected chi connectivity index (χ0v) is 17.5. The Morgan fingerprint density at radius 2 is 1.90 bits per heavy atom. The topological polar surface area (TPSA) is 85.7 Å². The van der Waals surface area contributed by atoms with Crippen molar-refractivity contribution in [2.45, 2.75) is 26.1 Å². The number of anilines is 1. The predicted octanol–water partition coefficient (Wildman–Crippen LogP) is 2.77. The van der Waals surface area contributed by atoms with Crippen LogP contribution >= 0.6 is 0 Å². The van der Waals surface area contributed by atoms with Gasteiger partial charge < -0.3 is 14.8 Å². The monoisotopic (exact) mass is 420 g/mol. The Hall–Kier alpha value is -3.81. The molecule has 31 heavy (non-hydrogen) atoms. The molecule has 8 heteroatoms. The fourth-order valence-corrected chi connectivity index (χ4v) is 3.58. The molecule has 2 heterocycles. The van der Waals surface area contributed by atoms with Crippen molar-refractivity contribution in [3.63, 3.8) is 0 Å². The smallest absolute Gasteiger partial charge is 0.251 e. The number of hydrogen-bond acceptors (Lipinski definition) is 5. The first-order chi connectivity index (χ1) is 15.1. The highest BCUT2D eigenvalue weighted by Crippen LogP contribution is 2.25. The summed E-state index contributed by atoms with van der Waals surface area (Å²) in [4.78, 5) is 26.6. The van der Waals surface area contributed by atoms with Crippen LogP contribution in [0.5, 0.6) is 11.5 Å². The number of nitrogens with zero attached hydrogens (tertiary/aromatic N) is 3. The first-order valence-electron chi connectivity index (χ1n) is 9.99. The van der Waals surface area contributed by atoms with Crippen molar-refractivity contribution in [2.24, 2.45) is 0 Å². The third-order valence-corrected chi connectivity index (χ3v) is 5.30. The normalized spacial score (nSPS) is 13.0. The highest BCUT2D eigenvalue weighted by Gasteiger charge is 2.24. The molecule has 0 unspecified atom stereocenters. The van der Waals surface area contributed by atoms with Gasteiger partial charge in [0.05, 0.1) is 33.5 Å². The fourth-order valence-electron chi connectivity index (χ4n) is 3.58. The van der Waals surface area contributed by atoms with Crippen molar-refractivity contribution >= 4 is 17.6 Å². The molecule has 1 N–H and O–H groups in total. The van der Waals surface area contributed by atoms with Crippen LogP contribution in [0.3, 0.4) is 0 Å². The highest BCUT2D eigenvalue weighted by atomic mass is 16.5. The minimum Gasteiger partial charge on any atom is -0.497 e. The Kier molecular flexibility index (Phi) is 5.88. The van der Waals surface area contributed by atoms with Gasteiger partial charge in [-0.1, -0.05) is 12.1 Å². The van der Waals surface area contributed by atoms with Crippen LogP contribution in [0.1, 0.15) is 27.9 Å². The second-order valence-electron chi connectivity index (χ2n) is 7.20. The van der Waals surface area contributed by atoms with E-state index in [0.717, 1.165) is 16.9 Å². The number of benzene rings is 2. The number of hydrogen-bond donors (Lipinski definition) is 1. The summed E-state index contributed by atoms with van der Waals surface area (Å²) in [5, 5.41) is 7.15. The van der Waals surface area contributed by atoms with Crippen molar-refractivity contribution in [3.05, 3.63) is 71.4 Å². The average molecular weight is 420 g/mol. The van der Waals surface area contributed by atoms with E-state index < -0.39 is 0 Å². The Balaban J connectivity index is 1.40. The number of aromatic nitrogens is 2. The lowest BCUT2D eigenvalue weighted by molar-refractivity contribution is -0.119. The summed E-state index contributed by atoms with van der Waals surface area (Å²) >= 11 is 0. The van der Waals surface area contributed by atoms with Gasteiger partial charge in [0.25, 0.3) is 5.91 Å². The molecule has 0 bridgehead atoms. The molecule has 2 aromatic carbocycles. The molecule has 3 aromatic rings. The number of fused-ring (bicyclic) bond motifs is 1. The number of nitrogens with one attached hydrogen (secondary N) is 1. The van der Waals surface area contributed by atoms with Gasteiger partial charge in [0.2, 0.25) is 5.91 Å².